The van der Waals surface area contributed by atoms with Crippen molar-refractivity contribution in [2.45, 2.75) is 6.54 Å². The summed E-state index contributed by atoms with van der Waals surface area (Å²) in [4.78, 5) is 13.9. The van der Waals surface area contributed by atoms with Crippen LogP contribution < -0.4 is 10.6 Å². The number of benzene rings is 1. The summed E-state index contributed by atoms with van der Waals surface area (Å²) in [6, 6.07) is 11.0. The molecule has 0 aliphatic rings. The van der Waals surface area contributed by atoms with Crippen molar-refractivity contribution in [3.05, 3.63) is 52.7 Å². The van der Waals surface area contributed by atoms with E-state index in [4.69, 9.17) is 11.6 Å². The van der Waals surface area contributed by atoms with Gasteiger partial charge in [-0.05, 0) is 43.9 Å². The molecule has 2 rings (SSSR count). The molecule has 1 aromatic carbocycles. The van der Waals surface area contributed by atoms with Gasteiger partial charge in [-0.25, -0.2) is 0 Å². The number of hydrogen-bond acceptors (Lipinski definition) is 5. The molecule has 0 spiro atoms. The molecule has 0 bridgehead atoms. The number of carbonyl (C=O) groups is 1. The minimum absolute atomic E-state index is 0.219. The zero-order valence-corrected chi connectivity index (χ0v) is 14.0. The molecule has 0 saturated carbocycles. The van der Waals surface area contributed by atoms with Gasteiger partial charge in [0.1, 0.15) is 5.82 Å². The highest BCUT2D eigenvalue weighted by Crippen LogP contribution is 2.11. The van der Waals surface area contributed by atoms with Gasteiger partial charge in [-0.3, -0.25) is 4.79 Å². The number of halogens is 1. The molecule has 7 heteroatoms. The van der Waals surface area contributed by atoms with E-state index in [-0.39, 0.29) is 5.91 Å². The zero-order chi connectivity index (χ0) is 16.7. The van der Waals surface area contributed by atoms with Gasteiger partial charge in [0.25, 0.3) is 5.91 Å². The first kappa shape index (κ1) is 17.2. The maximum atomic E-state index is 11.9. The van der Waals surface area contributed by atoms with Crippen LogP contribution in [0.25, 0.3) is 0 Å². The van der Waals surface area contributed by atoms with E-state index >= 15 is 0 Å². The van der Waals surface area contributed by atoms with Crippen molar-refractivity contribution < 1.29 is 4.79 Å². The SMILES string of the molecule is CN(C)CCNC(=O)c1ccc(NCc2ccc(Cl)cc2)nn1. The van der Waals surface area contributed by atoms with Gasteiger partial charge in [0.2, 0.25) is 0 Å². The van der Waals surface area contributed by atoms with Crippen LogP contribution >= 0.6 is 11.6 Å². The van der Waals surface area contributed by atoms with Crippen molar-refractivity contribution in [3.63, 3.8) is 0 Å². The lowest BCUT2D eigenvalue weighted by Crippen LogP contribution is -2.31. The number of carbonyl (C=O) groups excluding carboxylic acids is 1. The Morgan fingerprint density at radius 3 is 2.48 bits per heavy atom. The second kappa shape index (κ2) is 8.45. The van der Waals surface area contributed by atoms with Gasteiger partial charge in [0.15, 0.2) is 5.69 Å². The van der Waals surface area contributed by atoms with Gasteiger partial charge in [0, 0.05) is 24.7 Å². The molecule has 122 valence electrons. The molecule has 1 heterocycles. The summed E-state index contributed by atoms with van der Waals surface area (Å²) >= 11 is 5.85. The summed E-state index contributed by atoms with van der Waals surface area (Å²) in [6.07, 6.45) is 0. The van der Waals surface area contributed by atoms with Crippen LogP contribution in [0.3, 0.4) is 0 Å². The molecule has 0 aliphatic carbocycles. The summed E-state index contributed by atoms with van der Waals surface area (Å²) < 4.78 is 0. The Kier molecular flexibility index (Phi) is 6.31. The predicted molar refractivity (Wildman–Crippen MR) is 91.7 cm³/mol. The van der Waals surface area contributed by atoms with E-state index in [0.29, 0.717) is 29.6 Å². The monoisotopic (exact) mass is 333 g/mol. The molecular weight excluding hydrogens is 314 g/mol. The summed E-state index contributed by atoms with van der Waals surface area (Å²) in [5.74, 6) is 0.397. The third-order valence-corrected chi connectivity index (χ3v) is 3.38. The standard InChI is InChI=1S/C16H20ClN5O/c1-22(2)10-9-18-16(23)14-7-8-15(21-20-14)19-11-12-3-5-13(17)6-4-12/h3-8H,9-11H2,1-2H3,(H,18,23)(H,19,21). The molecule has 1 aromatic heterocycles. The largest absolute Gasteiger partial charge is 0.365 e. The minimum atomic E-state index is -0.219. The molecule has 0 aliphatic heterocycles. The topological polar surface area (TPSA) is 70.2 Å². The molecule has 0 radical (unpaired) electrons. The first-order valence-electron chi connectivity index (χ1n) is 7.29. The molecule has 0 unspecified atom stereocenters. The fourth-order valence-electron chi connectivity index (χ4n) is 1.83. The highest BCUT2D eigenvalue weighted by atomic mass is 35.5. The van der Waals surface area contributed by atoms with E-state index in [0.717, 1.165) is 12.1 Å². The van der Waals surface area contributed by atoms with Gasteiger partial charge in [-0.1, -0.05) is 23.7 Å². The maximum Gasteiger partial charge on any atom is 0.271 e. The fraction of sp³-hybridized carbons (Fsp3) is 0.312. The summed E-state index contributed by atoms with van der Waals surface area (Å²) in [6.45, 7) is 1.96. The Morgan fingerprint density at radius 2 is 1.87 bits per heavy atom. The van der Waals surface area contributed by atoms with E-state index < -0.39 is 0 Å². The van der Waals surface area contributed by atoms with Crippen molar-refractivity contribution in [3.8, 4) is 0 Å². The average molecular weight is 334 g/mol. The van der Waals surface area contributed by atoms with Crippen LogP contribution in [0.5, 0.6) is 0 Å². The minimum Gasteiger partial charge on any atom is -0.365 e. The van der Waals surface area contributed by atoms with Gasteiger partial charge in [0.05, 0.1) is 0 Å². The van der Waals surface area contributed by atoms with E-state index in [1.54, 1.807) is 12.1 Å². The molecule has 1 amide bonds. The number of likely N-dealkylation sites (N-methyl/N-ethyl adjacent to an activating group) is 1. The predicted octanol–water partition coefficient (Wildman–Crippen LogP) is 2.03. The first-order chi connectivity index (χ1) is 11.0. The van der Waals surface area contributed by atoms with Crippen LogP contribution in [0.1, 0.15) is 16.1 Å². The Hall–Kier alpha value is -2.18. The van der Waals surface area contributed by atoms with Crippen LogP contribution in [0.2, 0.25) is 5.02 Å². The highest BCUT2D eigenvalue weighted by molar-refractivity contribution is 6.30. The molecule has 0 saturated heterocycles. The summed E-state index contributed by atoms with van der Waals surface area (Å²) in [5, 5.41) is 14.6. The Bertz CT molecular complexity index is 628. The molecule has 0 fully saturated rings. The lowest BCUT2D eigenvalue weighted by molar-refractivity contribution is 0.0945. The van der Waals surface area contributed by atoms with Gasteiger partial charge >= 0.3 is 0 Å². The third-order valence-electron chi connectivity index (χ3n) is 3.13. The Labute approximate surface area is 140 Å². The van der Waals surface area contributed by atoms with Crippen molar-refractivity contribution in [1.82, 2.24) is 20.4 Å². The number of anilines is 1. The highest BCUT2D eigenvalue weighted by Gasteiger charge is 2.07. The number of aromatic nitrogens is 2. The number of nitrogens with zero attached hydrogens (tertiary/aromatic N) is 3. The average Bonchev–Trinajstić information content (AvgIpc) is 2.54. The van der Waals surface area contributed by atoms with Crippen molar-refractivity contribution in [2.24, 2.45) is 0 Å². The molecule has 0 atom stereocenters. The van der Waals surface area contributed by atoms with Crippen molar-refractivity contribution in [1.29, 1.82) is 0 Å². The van der Waals surface area contributed by atoms with Crippen LogP contribution in [-0.2, 0) is 6.54 Å². The van der Waals surface area contributed by atoms with E-state index in [9.17, 15) is 4.79 Å². The van der Waals surface area contributed by atoms with Crippen LogP contribution in [0.15, 0.2) is 36.4 Å². The van der Waals surface area contributed by atoms with Gasteiger partial charge in [-0.2, -0.15) is 0 Å². The molecular formula is C16H20ClN5O. The zero-order valence-electron chi connectivity index (χ0n) is 13.2. The second-order valence-electron chi connectivity index (χ2n) is 5.34. The smallest absolute Gasteiger partial charge is 0.271 e. The quantitative estimate of drug-likeness (QED) is 0.811. The lowest BCUT2D eigenvalue weighted by Gasteiger charge is -2.10. The van der Waals surface area contributed by atoms with E-state index in [1.807, 2.05) is 43.3 Å². The summed E-state index contributed by atoms with van der Waals surface area (Å²) in [7, 11) is 3.90. The number of hydrogen-bond donors (Lipinski definition) is 2. The van der Waals surface area contributed by atoms with E-state index in [2.05, 4.69) is 20.8 Å². The number of rotatable bonds is 7. The molecule has 23 heavy (non-hydrogen) atoms. The van der Waals surface area contributed by atoms with Gasteiger partial charge in [-0.15, -0.1) is 10.2 Å². The lowest BCUT2D eigenvalue weighted by atomic mass is 10.2. The van der Waals surface area contributed by atoms with Crippen molar-refractivity contribution in [2.75, 3.05) is 32.5 Å². The molecule has 6 nitrogen and oxygen atoms in total. The van der Waals surface area contributed by atoms with Gasteiger partial charge < -0.3 is 15.5 Å². The van der Waals surface area contributed by atoms with E-state index in [1.165, 1.54) is 0 Å². The normalized spacial score (nSPS) is 10.6. The number of nitrogens with one attached hydrogen (secondary N) is 2. The third kappa shape index (κ3) is 5.84. The Balaban J connectivity index is 1.84. The van der Waals surface area contributed by atoms with Crippen molar-refractivity contribution >= 4 is 23.3 Å². The Morgan fingerprint density at radius 1 is 1.13 bits per heavy atom. The second-order valence-corrected chi connectivity index (χ2v) is 5.78. The number of amides is 1. The maximum absolute atomic E-state index is 11.9. The molecule has 2 N–H and O–H groups in total. The fourth-order valence-corrected chi connectivity index (χ4v) is 1.95. The van der Waals surface area contributed by atoms with Crippen LogP contribution in [0.4, 0.5) is 5.82 Å². The first-order valence-corrected chi connectivity index (χ1v) is 7.67. The molecule has 2 aromatic rings. The van der Waals surface area contributed by atoms with Crippen LogP contribution in [0, 0.1) is 0 Å². The summed E-state index contributed by atoms with van der Waals surface area (Å²) in [5.41, 5.74) is 1.39. The van der Waals surface area contributed by atoms with Crippen LogP contribution in [-0.4, -0.2) is 48.2 Å².